The van der Waals surface area contributed by atoms with Crippen molar-refractivity contribution in [2.45, 2.75) is 37.5 Å². The summed E-state index contributed by atoms with van der Waals surface area (Å²) in [6.07, 6.45) is 0. The summed E-state index contributed by atoms with van der Waals surface area (Å²) in [4.78, 5) is 13.6. The van der Waals surface area contributed by atoms with Crippen LogP contribution < -0.4 is 10.1 Å². The number of nitrogens with one attached hydrogen (secondary N) is 1. The van der Waals surface area contributed by atoms with Crippen molar-refractivity contribution in [3.05, 3.63) is 59.2 Å². The second-order valence-corrected chi connectivity index (χ2v) is 7.24. The lowest BCUT2D eigenvalue weighted by Gasteiger charge is -2.15. The Kier molecular flexibility index (Phi) is 8.01. The standard InChI is InChI=1S/C21H27NO3S/c1-5-25-20-11-8-17(21(23)22-16(3)13-24-4)12-18(20)14-26-19-9-6-15(2)7-10-19/h6-12,16H,5,13-14H2,1-4H3,(H,22,23)/t16-/m1/s1. The fourth-order valence-electron chi connectivity index (χ4n) is 2.52. The van der Waals surface area contributed by atoms with Crippen LogP contribution in [0.1, 0.15) is 35.3 Å². The van der Waals surface area contributed by atoms with Crippen LogP contribution in [0.3, 0.4) is 0 Å². The van der Waals surface area contributed by atoms with Crippen molar-refractivity contribution < 1.29 is 14.3 Å². The monoisotopic (exact) mass is 373 g/mol. The molecule has 0 bridgehead atoms. The lowest BCUT2D eigenvalue weighted by atomic mass is 10.1. The number of carbonyl (C=O) groups is 1. The SMILES string of the molecule is CCOc1ccc(C(=O)N[C@H](C)COC)cc1CSc1ccc(C)cc1. The molecule has 2 aromatic rings. The maximum Gasteiger partial charge on any atom is 0.251 e. The van der Waals surface area contributed by atoms with Crippen LogP contribution in [0.15, 0.2) is 47.4 Å². The van der Waals surface area contributed by atoms with E-state index in [1.54, 1.807) is 24.9 Å². The Morgan fingerprint density at radius 1 is 1.19 bits per heavy atom. The Labute approximate surface area is 160 Å². The van der Waals surface area contributed by atoms with E-state index >= 15 is 0 Å². The minimum atomic E-state index is -0.0980. The van der Waals surface area contributed by atoms with E-state index < -0.39 is 0 Å². The number of hydrogen-bond donors (Lipinski definition) is 1. The van der Waals surface area contributed by atoms with Gasteiger partial charge in [-0.1, -0.05) is 17.7 Å². The number of rotatable bonds is 9. The summed E-state index contributed by atoms with van der Waals surface area (Å²) in [7, 11) is 1.62. The van der Waals surface area contributed by atoms with E-state index in [0.717, 1.165) is 17.1 Å². The molecule has 2 aromatic carbocycles. The summed E-state index contributed by atoms with van der Waals surface area (Å²) >= 11 is 1.73. The molecule has 0 fully saturated rings. The minimum absolute atomic E-state index is 0.0375. The Balaban J connectivity index is 2.13. The number of benzene rings is 2. The van der Waals surface area contributed by atoms with Crippen LogP contribution in [-0.4, -0.2) is 32.3 Å². The Morgan fingerprint density at radius 3 is 2.58 bits per heavy atom. The molecule has 140 valence electrons. The van der Waals surface area contributed by atoms with E-state index in [4.69, 9.17) is 9.47 Å². The van der Waals surface area contributed by atoms with Crippen molar-refractivity contribution in [3.8, 4) is 5.75 Å². The largest absolute Gasteiger partial charge is 0.494 e. The van der Waals surface area contributed by atoms with Gasteiger partial charge in [0.05, 0.1) is 13.2 Å². The van der Waals surface area contributed by atoms with E-state index in [1.807, 2.05) is 26.0 Å². The van der Waals surface area contributed by atoms with Crippen LogP contribution in [-0.2, 0) is 10.5 Å². The van der Waals surface area contributed by atoms with Gasteiger partial charge in [0.2, 0.25) is 0 Å². The highest BCUT2D eigenvalue weighted by atomic mass is 32.2. The van der Waals surface area contributed by atoms with Crippen molar-refractivity contribution in [1.29, 1.82) is 0 Å². The summed E-state index contributed by atoms with van der Waals surface area (Å²) < 4.78 is 10.8. The normalized spacial score (nSPS) is 11.8. The molecule has 1 N–H and O–H groups in total. The van der Waals surface area contributed by atoms with E-state index in [9.17, 15) is 4.79 Å². The molecule has 0 aliphatic rings. The molecule has 2 rings (SSSR count). The van der Waals surface area contributed by atoms with Gasteiger partial charge in [-0.25, -0.2) is 0 Å². The lowest BCUT2D eigenvalue weighted by Crippen LogP contribution is -2.35. The van der Waals surface area contributed by atoms with Crippen molar-refractivity contribution in [1.82, 2.24) is 5.32 Å². The number of thioether (sulfide) groups is 1. The topological polar surface area (TPSA) is 47.6 Å². The molecule has 1 atom stereocenters. The molecule has 0 aliphatic heterocycles. The van der Waals surface area contributed by atoms with Gasteiger partial charge in [-0.05, 0) is 51.1 Å². The van der Waals surface area contributed by atoms with Gasteiger partial charge in [-0.3, -0.25) is 4.79 Å². The third-order valence-electron chi connectivity index (χ3n) is 3.83. The fraction of sp³-hybridized carbons (Fsp3) is 0.381. The molecule has 1 amide bonds. The molecule has 0 heterocycles. The van der Waals surface area contributed by atoms with Crippen LogP contribution in [0.4, 0.5) is 0 Å². The number of amides is 1. The summed E-state index contributed by atoms with van der Waals surface area (Å²) in [6, 6.07) is 14.0. The Bertz CT molecular complexity index is 716. The number of aryl methyl sites for hydroxylation is 1. The van der Waals surface area contributed by atoms with Crippen LogP contribution >= 0.6 is 11.8 Å². The molecule has 0 saturated heterocycles. The summed E-state index contributed by atoms with van der Waals surface area (Å²) in [6.45, 7) is 7.04. The quantitative estimate of drug-likeness (QED) is 0.660. The van der Waals surface area contributed by atoms with E-state index in [-0.39, 0.29) is 11.9 Å². The Hall–Kier alpha value is -1.98. The van der Waals surface area contributed by atoms with Crippen molar-refractivity contribution in [3.63, 3.8) is 0 Å². The number of ether oxygens (including phenoxy) is 2. The molecule has 0 unspecified atom stereocenters. The smallest absolute Gasteiger partial charge is 0.251 e. The maximum atomic E-state index is 12.4. The van der Waals surface area contributed by atoms with Gasteiger partial charge in [0.25, 0.3) is 5.91 Å². The molecule has 0 aromatic heterocycles. The molecule has 5 heteroatoms. The van der Waals surface area contributed by atoms with E-state index in [0.29, 0.717) is 18.8 Å². The van der Waals surface area contributed by atoms with Gasteiger partial charge in [0.1, 0.15) is 5.75 Å². The molecule has 0 radical (unpaired) electrons. The third-order valence-corrected chi connectivity index (χ3v) is 4.89. The maximum absolute atomic E-state index is 12.4. The van der Waals surface area contributed by atoms with Crippen molar-refractivity contribution in [2.24, 2.45) is 0 Å². The first-order valence-electron chi connectivity index (χ1n) is 8.78. The molecule has 0 aliphatic carbocycles. The molecular formula is C21H27NO3S. The number of carbonyl (C=O) groups excluding carboxylic acids is 1. The first-order valence-corrected chi connectivity index (χ1v) is 9.77. The zero-order chi connectivity index (χ0) is 18.9. The molecule has 0 spiro atoms. The van der Waals surface area contributed by atoms with Crippen LogP contribution in [0.2, 0.25) is 0 Å². The van der Waals surface area contributed by atoms with Gasteiger partial charge in [-0.15, -0.1) is 11.8 Å². The van der Waals surface area contributed by atoms with Gasteiger partial charge < -0.3 is 14.8 Å². The molecule has 4 nitrogen and oxygen atoms in total. The van der Waals surface area contributed by atoms with Crippen molar-refractivity contribution >= 4 is 17.7 Å². The molecular weight excluding hydrogens is 346 g/mol. The average Bonchev–Trinajstić information content (AvgIpc) is 2.62. The van der Waals surface area contributed by atoms with E-state index in [2.05, 4.69) is 36.5 Å². The highest BCUT2D eigenvalue weighted by Gasteiger charge is 2.13. The van der Waals surface area contributed by atoms with Gasteiger partial charge in [0, 0.05) is 34.9 Å². The lowest BCUT2D eigenvalue weighted by molar-refractivity contribution is 0.0905. The zero-order valence-electron chi connectivity index (χ0n) is 15.9. The van der Waals surface area contributed by atoms with Gasteiger partial charge in [-0.2, -0.15) is 0 Å². The van der Waals surface area contributed by atoms with Crippen LogP contribution in [0.25, 0.3) is 0 Å². The average molecular weight is 374 g/mol. The van der Waals surface area contributed by atoms with Gasteiger partial charge in [0.15, 0.2) is 0 Å². The number of methoxy groups -OCH3 is 1. The van der Waals surface area contributed by atoms with E-state index in [1.165, 1.54) is 10.5 Å². The second kappa shape index (κ2) is 10.2. The highest BCUT2D eigenvalue weighted by Crippen LogP contribution is 2.29. The molecule has 26 heavy (non-hydrogen) atoms. The highest BCUT2D eigenvalue weighted by molar-refractivity contribution is 7.98. The Morgan fingerprint density at radius 2 is 1.92 bits per heavy atom. The summed E-state index contributed by atoms with van der Waals surface area (Å²) in [5.74, 6) is 1.47. The van der Waals surface area contributed by atoms with Crippen molar-refractivity contribution in [2.75, 3.05) is 20.3 Å². The predicted molar refractivity (Wildman–Crippen MR) is 107 cm³/mol. The predicted octanol–water partition coefficient (Wildman–Crippen LogP) is 4.45. The third kappa shape index (κ3) is 6.07. The zero-order valence-corrected chi connectivity index (χ0v) is 16.7. The second-order valence-electron chi connectivity index (χ2n) is 6.19. The van der Waals surface area contributed by atoms with Crippen LogP contribution in [0.5, 0.6) is 5.75 Å². The first kappa shape index (κ1) is 20.3. The number of hydrogen-bond acceptors (Lipinski definition) is 4. The fourth-order valence-corrected chi connectivity index (χ4v) is 3.40. The minimum Gasteiger partial charge on any atom is -0.494 e. The molecule has 0 saturated carbocycles. The summed E-state index contributed by atoms with van der Waals surface area (Å²) in [5.41, 5.74) is 2.90. The first-order chi connectivity index (χ1) is 12.5. The van der Waals surface area contributed by atoms with Crippen LogP contribution in [0, 0.1) is 6.92 Å². The summed E-state index contributed by atoms with van der Waals surface area (Å²) in [5, 5.41) is 2.94. The van der Waals surface area contributed by atoms with Gasteiger partial charge >= 0.3 is 0 Å².